The quantitative estimate of drug-likeness (QED) is 0.568. The second-order valence-electron chi connectivity index (χ2n) is 5.60. The number of aromatic nitrogens is 4. The van der Waals surface area contributed by atoms with Crippen LogP contribution in [0, 0.1) is 12.7 Å². The first-order valence-electron chi connectivity index (χ1n) is 7.48. The number of hydrogen-bond donors (Lipinski definition) is 1. The predicted octanol–water partition coefficient (Wildman–Crippen LogP) is 1.77. The molecule has 0 aliphatic rings. The van der Waals surface area contributed by atoms with Gasteiger partial charge >= 0.3 is 0 Å². The average molecular weight is 331 g/mol. The zero-order chi connectivity index (χ0) is 17.6. The number of carbonyl (C=O) groups is 1. The molecule has 0 atom stereocenters. The van der Waals surface area contributed by atoms with Crippen LogP contribution in [0.4, 0.5) is 10.1 Å². The molecule has 0 saturated carbocycles. The number of anilines is 1. The van der Waals surface area contributed by atoms with Crippen molar-refractivity contribution in [3.63, 3.8) is 0 Å². The Bertz CT molecular complexity index is 1140. The van der Waals surface area contributed by atoms with Gasteiger partial charge in [0, 0.05) is 30.9 Å². The van der Waals surface area contributed by atoms with E-state index in [0.29, 0.717) is 33.4 Å². The molecule has 1 aromatic carbocycles. The monoisotopic (exact) mass is 331 g/mol. The van der Waals surface area contributed by atoms with E-state index in [1.165, 1.54) is 22.9 Å². The number of rotatable bonds is 2. The summed E-state index contributed by atoms with van der Waals surface area (Å²) >= 11 is 0. The first-order valence-corrected chi connectivity index (χ1v) is 7.48. The van der Waals surface area contributed by atoms with E-state index in [2.05, 4.69) is 20.3 Å². The molecule has 3 aromatic heterocycles. The highest BCUT2D eigenvalue weighted by Gasteiger charge is 2.15. The summed E-state index contributed by atoms with van der Waals surface area (Å²) in [4.78, 5) is 25.0. The summed E-state index contributed by atoms with van der Waals surface area (Å²) in [7, 11) is 5.87. The molecule has 2 radical (unpaired) electrons. The summed E-state index contributed by atoms with van der Waals surface area (Å²) < 4.78 is 15.7. The van der Waals surface area contributed by atoms with Crippen LogP contribution in [0.1, 0.15) is 16.1 Å². The Labute approximate surface area is 143 Å². The molecule has 0 fully saturated rings. The van der Waals surface area contributed by atoms with Gasteiger partial charge in [-0.25, -0.2) is 9.37 Å². The molecule has 1 amide bonds. The van der Waals surface area contributed by atoms with E-state index in [1.807, 2.05) is 0 Å². The highest BCUT2D eigenvalue weighted by atomic mass is 19.1. The zero-order valence-electron chi connectivity index (χ0n) is 13.2. The number of carbonyl (C=O) groups excluding carboxylic acids is 1. The van der Waals surface area contributed by atoms with Crippen LogP contribution < -0.4 is 10.8 Å². The molecule has 120 valence electrons. The standard InChI is InChI=1S/C17H11BFN5O/c1-9-7-24-8-10(6-13(19)16(24)22-9)23-17(25)11-2-3-12(18)15-14(11)20-4-5-21-15/h2-8H,1H3,(H,23,25). The highest BCUT2D eigenvalue weighted by Crippen LogP contribution is 2.18. The maximum atomic E-state index is 14.1. The number of benzene rings is 1. The Morgan fingerprint density at radius 1 is 1.20 bits per heavy atom. The van der Waals surface area contributed by atoms with E-state index < -0.39 is 11.7 Å². The van der Waals surface area contributed by atoms with Gasteiger partial charge in [0.2, 0.25) is 0 Å². The molecule has 0 spiro atoms. The fourth-order valence-corrected chi connectivity index (χ4v) is 2.71. The minimum absolute atomic E-state index is 0.208. The third-order valence-corrected chi connectivity index (χ3v) is 3.79. The minimum atomic E-state index is -0.521. The van der Waals surface area contributed by atoms with Crippen molar-refractivity contribution in [3.05, 3.63) is 60.1 Å². The number of hydrogen-bond acceptors (Lipinski definition) is 4. The van der Waals surface area contributed by atoms with Crippen LogP contribution in [0.25, 0.3) is 16.7 Å². The molecule has 0 unspecified atom stereocenters. The van der Waals surface area contributed by atoms with E-state index in [9.17, 15) is 9.18 Å². The van der Waals surface area contributed by atoms with E-state index in [0.717, 1.165) is 0 Å². The fourth-order valence-electron chi connectivity index (χ4n) is 2.71. The van der Waals surface area contributed by atoms with Gasteiger partial charge in [-0.15, -0.1) is 0 Å². The normalized spacial score (nSPS) is 11.1. The molecule has 4 rings (SSSR count). The first kappa shape index (κ1) is 15.3. The van der Waals surface area contributed by atoms with Gasteiger partial charge in [-0.3, -0.25) is 14.8 Å². The molecule has 25 heavy (non-hydrogen) atoms. The number of aryl methyl sites for hydroxylation is 1. The SMILES string of the molecule is [B]c1ccc(C(=O)Nc2cc(F)c3nc(C)cn3c2)c2nccnc12. The molecule has 3 heterocycles. The van der Waals surface area contributed by atoms with Crippen LogP contribution in [0.15, 0.2) is 43.0 Å². The predicted molar refractivity (Wildman–Crippen MR) is 92.8 cm³/mol. The van der Waals surface area contributed by atoms with Crippen LogP contribution in [0.3, 0.4) is 0 Å². The van der Waals surface area contributed by atoms with Gasteiger partial charge < -0.3 is 9.72 Å². The lowest BCUT2D eigenvalue weighted by Crippen LogP contribution is -2.16. The van der Waals surface area contributed by atoms with E-state index >= 15 is 0 Å². The van der Waals surface area contributed by atoms with Crippen LogP contribution in [0.5, 0.6) is 0 Å². The maximum Gasteiger partial charge on any atom is 0.257 e. The molecule has 8 heteroatoms. The van der Waals surface area contributed by atoms with Crippen molar-refractivity contribution < 1.29 is 9.18 Å². The minimum Gasteiger partial charge on any atom is -0.320 e. The topological polar surface area (TPSA) is 72.2 Å². The third-order valence-electron chi connectivity index (χ3n) is 3.79. The summed E-state index contributed by atoms with van der Waals surface area (Å²) in [5.41, 5.74) is 2.77. The van der Waals surface area contributed by atoms with Gasteiger partial charge in [-0.1, -0.05) is 11.5 Å². The third kappa shape index (κ3) is 2.61. The van der Waals surface area contributed by atoms with Crippen molar-refractivity contribution in [2.24, 2.45) is 0 Å². The van der Waals surface area contributed by atoms with Crippen molar-refractivity contribution in [3.8, 4) is 0 Å². The van der Waals surface area contributed by atoms with Crippen molar-refractivity contribution in [2.45, 2.75) is 6.92 Å². The van der Waals surface area contributed by atoms with Gasteiger partial charge in [0.1, 0.15) is 13.4 Å². The molecule has 0 aliphatic carbocycles. The molecule has 0 aliphatic heterocycles. The van der Waals surface area contributed by atoms with Crippen molar-refractivity contribution in [1.82, 2.24) is 19.4 Å². The van der Waals surface area contributed by atoms with Gasteiger partial charge in [-0.2, -0.15) is 0 Å². The Hall–Kier alpha value is -3.29. The van der Waals surface area contributed by atoms with E-state index in [1.54, 1.807) is 31.5 Å². The highest BCUT2D eigenvalue weighted by molar-refractivity contribution is 6.38. The van der Waals surface area contributed by atoms with Crippen molar-refractivity contribution in [1.29, 1.82) is 0 Å². The lowest BCUT2D eigenvalue weighted by molar-refractivity contribution is 0.102. The smallest absolute Gasteiger partial charge is 0.257 e. The number of nitrogens with zero attached hydrogens (tertiary/aromatic N) is 4. The van der Waals surface area contributed by atoms with Gasteiger partial charge in [0.15, 0.2) is 11.5 Å². The van der Waals surface area contributed by atoms with Crippen LogP contribution in [-0.4, -0.2) is 33.1 Å². The number of amides is 1. The summed E-state index contributed by atoms with van der Waals surface area (Å²) in [6.07, 6.45) is 6.27. The average Bonchev–Trinajstić information content (AvgIpc) is 2.96. The molecule has 6 nitrogen and oxygen atoms in total. The Morgan fingerprint density at radius 2 is 1.96 bits per heavy atom. The Balaban J connectivity index is 1.75. The lowest BCUT2D eigenvalue weighted by Gasteiger charge is -2.09. The van der Waals surface area contributed by atoms with Crippen LogP contribution >= 0.6 is 0 Å². The van der Waals surface area contributed by atoms with Crippen molar-refractivity contribution >= 4 is 41.6 Å². The lowest BCUT2D eigenvalue weighted by atomic mass is 9.92. The van der Waals surface area contributed by atoms with Crippen molar-refractivity contribution in [2.75, 3.05) is 5.32 Å². The summed E-state index contributed by atoms with van der Waals surface area (Å²) in [6, 6.07) is 4.39. The summed E-state index contributed by atoms with van der Waals surface area (Å²) in [6.45, 7) is 1.77. The Kier molecular flexibility index (Phi) is 3.45. The zero-order valence-corrected chi connectivity index (χ0v) is 13.2. The van der Waals surface area contributed by atoms with Crippen LogP contribution in [0.2, 0.25) is 0 Å². The van der Waals surface area contributed by atoms with E-state index in [-0.39, 0.29) is 5.65 Å². The second kappa shape index (κ2) is 5.66. The summed E-state index contributed by atoms with van der Waals surface area (Å²) in [5.74, 6) is -0.950. The molecule has 0 saturated heterocycles. The number of pyridine rings is 1. The molecule has 0 bridgehead atoms. The fraction of sp³-hybridized carbons (Fsp3) is 0.0588. The first-order chi connectivity index (χ1) is 12.0. The Morgan fingerprint density at radius 3 is 2.76 bits per heavy atom. The summed E-state index contributed by atoms with van der Waals surface area (Å²) in [5, 5.41) is 2.68. The molecule has 1 N–H and O–H groups in total. The van der Waals surface area contributed by atoms with E-state index in [4.69, 9.17) is 7.85 Å². The number of imidazole rings is 1. The number of halogens is 1. The van der Waals surface area contributed by atoms with Gasteiger partial charge in [-0.05, 0) is 13.0 Å². The molecule has 4 aromatic rings. The number of fused-ring (bicyclic) bond motifs is 2. The largest absolute Gasteiger partial charge is 0.320 e. The maximum absolute atomic E-state index is 14.1. The van der Waals surface area contributed by atoms with Gasteiger partial charge in [0.05, 0.1) is 22.5 Å². The molecular weight excluding hydrogens is 320 g/mol. The second-order valence-corrected chi connectivity index (χ2v) is 5.60. The number of nitrogens with one attached hydrogen (secondary N) is 1. The van der Waals surface area contributed by atoms with Crippen LogP contribution in [-0.2, 0) is 0 Å². The van der Waals surface area contributed by atoms with Gasteiger partial charge in [0.25, 0.3) is 5.91 Å². The molecular formula is C17H11BFN5O.